The first kappa shape index (κ1) is 13.2. The summed E-state index contributed by atoms with van der Waals surface area (Å²) in [5.74, 6) is 0. The van der Waals surface area contributed by atoms with E-state index in [9.17, 15) is 0 Å². The molecule has 0 aliphatic carbocycles. The zero-order valence-electron chi connectivity index (χ0n) is 11.3. The maximum atomic E-state index is 4.45. The molecule has 1 N–H and O–H groups in total. The first-order chi connectivity index (χ1) is 7.48. The SMILES string of the molecule is CCCC(C)(C)NCc1cc(C)nn1CC. The van der Waals surface area contributed by atoms with E-state index in [0.29, 0.717) is 0 Å². The van der Waals surface area contributed by atoms with E-state index in [4.69, 9.17) is 0 Å². The highest BCUT2D eigenvalue weighted by atomic mass is 15.3. The number of hydrogen-bond donors (Lipinski definition) is 1. The van der Waals surface area contributed by atoms with Crippen molar-refractivity contribution in [2.24, 2.45) is 0 Å². The Hall–Kier alpha value is -0.830. The van der Waals surface area contributed by atoms with Crippen molar-refractivity contribution in [2.75, 3.05) is 0 Å². The van der Waals surface area contributed by atoms with Gasteiger partial charge in [0.05, 0.1) is 11.4 Å². The third kappa shape index (κ3) is 3.63. The van der Waals surface area contributed by atoms with Gasteiger partial charge in [0.2, 0.25) is 0 Å². The highest BCUT2D eigenvalue weighted by molar-refractivity contribution is 5.09. The summed E-state index contributed by atoms with van der Waals surface area (Å²) in [6.45, 7) is 12.8. The van der Waals surface area contributed by atoms with Gasteiger partial charge >= 0.3 is 0 Å². The zero-order valence-corrected chi connectivity index (χ0v) is 11.3. The van der Waals surface area contributed by atoms with Gasteiger partial charge in [-0.3, -0.25) is 4.68 Å². The predicted octanol–water partition coefficient (Wildman–Crippen LogP) is 2.88. The van der Waals surface area contributed by atoms with Crippen molar-refractivity contribution >= 4 is 0 Å². The fourth-order valence-corrected chi connectivity index (χ4v) is 2.06. The number of aromatic nitrogens is 2. The van der Waals surface area contributed by atoms with E-state index >= 15 is 0 Å². The molecule has 0 aromatic carbocycles. The van der Waals surface area contributed by atoms with Crippen molar-refractivity contribution in [2.45, 2.75) is 66.1 Å². The Morgan fingerprint density at radius 1 is 1.38 bits per heavy atom. The van der Waals surface area contributed by atoms with Gasteiger partial charge in [0, 0.05) is 18.6 Å². The summed E-state index contributed by atoms with van der Waals surface area (Å²) in [5.41, 5.74) is 2.60. The average Bonchev–Trinajstić information content (AvgIpc) is 2.56. The average molecular weight is 223 g/mol. The second kappa shape index (κ2) is 5.48. The Kier molecular flexibility index (Phi) is 4.54. The van der Waals surface area contributed by atoms with Crippen LogP contribution in [-0.4, -0.2) is 15.3 Å². The van der Waals surface area contributed by atoms with Crippen LogP contribution in [0, 0.1) is 6.92 Å². The van der Waals surface area contributed by atoms with Crippen LogP contribution in [0.1, 0.15) is 51.9 Å². The van der Waals surface area contributed by atoms with Gasteiger partial charge in [0.25, 0.3) is 0 Å². The number of nitrogens with zero attached hydrogens (tertiary/aromatic N) is 2. The van der Waals surface area contributed by atoms with Crippen molar-refractivity contribution in [1.29, 1.82) is 0 Å². The van der Waals surface area contributed by atoms with Crippen LogP contribution < -0.4 is 5.32 Å². The molecule has 1 heterocycles. The molecule has 1 aromatic rings. The molecular weight excluding hydrogens is 198 g/mol. The van der Waals surface area contributed by atoms with E-state index in [-0.39, 0.29) is 5.54 Å². The lowest BCUT2D eigenvalue weighted by Crippen LogP contribution is -2.38. The molecule has 0 saturated heterocycles. The summed E-state index contributed by atoms with van der Waals surface area (Å²) in [5, 5.41) is 8.06. The van der Waals surface area contributed by atoms with Crippen molar-refractivity contribution in [3.8, 4) is 0 Å². The molecule has 0 saturated carbocycles. The number of nitrogens with one attached hydrogen (secondary N) is 1. The van der Waals surface area contributed by atoms with Crippen LogP contribution in [0.25, 0.3) is 0 Å². The predicted molar refractivity (Wildman–Crippen MR) is 68.5 cm³/mol. The smallest absolute Gasteiger partial charge is 0.0597 e. The van der Waals surface area contributed by atoms with Crippen molar-refractivity contribution in [1.82, 2.24) is 15.1 Å². The monoisotopic (exact) mass is 223 g/mol. The van der Waals surface area contributed by atoms with Crippen LogP contribution >= 0.6 is 0 Å². The fraction of sp³-hybridized carbons (Fsp3) is 0.769. The standard InChI is InChI=1S/C13H25N3/c1-6-8-13(4,5)14-10-12-9-11(3)15-16(12)7-2/h9,14H,6-8,10H2,1-5H3. The first-order valence-electron chi connectivity index (χ1n) is 6.27. The minimum Gasteiger partial charge on any atom is -0.306 e. The van der Waals surface area contributed by atoms with Gasteiger partial charge in [-0.05, 0) is 40.2 Å². The number of rotatable bonds is 6. The first-order valence-corrected chi connectivity index (χ1v) is 6.27. The molecular formula is C13H25N3. The highest BCUT2D eigenvalue weighted by Crippen LogP contribution is 2.12. The third-order valence-electron chi connectivity index (χ3n) is 2.91. The topological polar surface area (TPSA) is 29.9 Å². The summed E-state index contributed by atoms with van der Waals surface area (Å²) in [6.07, 6.45) is 2.41. The molecule has 1 aromatic heterocycles. The van der Waals surface area contributed by atoms with Gasteiger partial charge in [-0.1, -0.05) is 13.3 Å². The second-order valence-electron chi connectivity index (χ2n) is 5.08. The van der Waals surface area contributed by atoms with E-state index in [0.717, 1.165) is 18.8 Å². The molecule has 0 aliphatic heterocycles. The minimum absolute atomic E-state index is 0.214. The molecule has 92 valence electrons. The normalized spacial score (nSPS) is 12.1. The van der Waals surface area contributed by atoms with Gasteiger partial charge < -0.3 is 5.32 Å². The van der Waals surface area contributed by atoms with Crippen LogP contribution in [0.3, 0.4) is 0 Å². The van der Waals surface area contributed by atoms with E-state index in [1.165, 1.54) is 18.5 Å². The molecule has 3 nitrogen and oxygen atoms in total. The zero-order chi connectivity index (χ0) is 12.2. The summed E-state index contributed by atoms with van der Waals surface area (Å²) >= 11 is 0. The van der Waals surface area contributed by atoms with Crippen LogP contribution in [-0.2, 0) is 13.1 Å². The Bertz CT molecular complexity index is 326. The van der Waals surface area contributed by atoms with E-state index in [1.807, 2.05) is 6.92 Å². The summed E-state index contributed by atoms with van der Waals surface area (Å²) in [7, 11) is 0. The largest absolute Gasteiger partial charge is 0.306 e. The molecule has 0 radical (unpaired) electrons. The quantitative estimate of drug-likeness (QED) is 0.803. The Morgan fingerprint density at radius 2 is 2.06 bits per heavy atom. The van der Waals surface area contributed by atoms with Gasteiger partial charge in [0.15, 0.2) is 0 Å². The molecule has 16 heavy (non-hydrogen) atoms. The van der Waals surface area contributed by atoms with Crippen LogP contribution in [0.15, 0.2) is 6.07 Å². The highest BCUT2D eigenvalue weighted by Gasteiger charge is 2.16. The molecule has 1 rings (SSSR count). The van der Waals surface area contributed by atoms with Crippen molar-refractivity contribution in [3.63, 3.8) is 0 Å². The molecule has 0 unspecified atom stereocenters. The Morgan fingerprint density at radius 3 is 2.62 bits per heavy atom. The third-order valence-corrected chi connectivity index (χ3v) is 2.91. The van der Waals surface area contributed by atoms with Crippen molar-refractivity contribution in [3.05, 3.63) is 17.5 Å². The van der Waals surface area contributed by atoms with Crippen molar-refractivity contribution < 1.29 is 0 Å². The van der Waals surface area contributed by atoms with E-state index in [2.05, 4.69) is 48.9 Å². The fourth-order valence-electron chi connectivity index (χ4n) is 2.06. The molecule has 0 aliphatic rings. The lowest BCUT2D eigenvalue weighted by atomic mass is 9.99. The second-order valence-corrected chi connectivity index (χ2v) is 5.08. The number of aryl methyl sites for hydroxylation is 2. The molecule has 0 spiro atoms. The lowest BCUT2D eigenvalue weighted by molar-refractivity contribution is 0.350. The Labute approximate surface area is 99.2 Å². The number of hydrogen-bond acceptors (Lipinski definition) is 2. The lowest BCUT2D eigenvalue weighted by Gasteiger charge is -2.26. The maximum Gasteiger partial charge on any atom is 0.0597 e. The molecule has 0 bridgehead atoms. The van der Waals surface area contributed by atoms with Crippen LogP contribution in [0.4, 0.5) is 0 Å². The van der Waals surface area contributed by atoms with E-state index in [1.54, 1.807) is 0 Å². The van der Waals surface area contributed by atoms with Gasteiger partial charge in [-0.15, -0.1) is 0 Å². The molecule has 0 fully saturated rings. The molecule has 0 amide bonds. The minimum atomic E-state index is 0.214. The van der Waals surface area contributed by atoms with Gasteiger partial charge in [0.1, 0.15) is 0 Å². The van der Waals surface area contributed by atoms with Crippen LogP contribution in [0.2, 0.25) is 0 Å². The van der Waals surface area contributed by atoms with Gasteiger partial charge in [-0.2, -0.15) is 5.10 Å². The summed E-state index contributed by atoms with van der Waals surface area (Å²) < 4.78 is 2.07. The van der Waals surface area contributed by atoms with Crippen LogP contribution in [0.5, 0.6) is 0 Å². The maximum absolute atomic E-state index is 4.45. The summed E-state index contributed by atoms with van der Waals surface area (Å²) in [6, 6.07) is 2.17. The Balaban J connectivity index is 2.60. The van der Waals surface area contributed by atoms with E-state index < -0.39 is 0 Å². The van der Waals surface area contributed by atoms with Gasteiger partial charge in [-0.25, -0.2) is 0 Å². The molecule has 0 atom stereocenters. The summed E-state index contributed by atoms with van der Waals surface area (Å²) in [4.78, 5) is 0. The molecule has 3 heteroatoms.